The van der Waals surface area contributed by atoms with E-state index in [-0.39, 0.29) is 29.6 Å². The van der Waals surface area contributed by atoms with Crippen LogP contribution < -0.4 is 10.2 Å². The molecule has 3 heterocycles. The summed E-state index contributed by atoms with van der Waals surface area (Å²) < 4.78 is 12.0. The van der Waals surface area contributed by atoms with Gasteiger partial charge in [-0.25, -0.2) is 0 Å². The van der Waals surface area contributed by atoms with E-state index in [1.54, 1.807) is 23.4 Å². The molecule has 3 aliphatic rings. The Morgan fingerprint density at radius 3 is 2.54 bits per heavy atom. The third-order valence-electron chi connectivity index (χ3n) is 8.73. The lowest BCUT2D eigenvalue weighted by Gasteiger charge is -2.37. The minimum absolute atomic E-state index is 0.0509. The molecule has 0 saturated carbocycles. The average Bonchev–Trinajstić information content (AvgIpc) is 3.62. The molecule has 3 aromatic rings. The molecule has 0 spiro atoms. The van der Waals surface area contributed by atoms with Crippen molar-refractivity contribution in [3.05, 3.63) is 95.3 Å². The van der Waals surface area contributed by atoms with Crippen LogP contribution in [-0.2, 0) is 30.9 Å². The van der Waals surface area contributed by atoms with Crippen molar-refractivity contribution in [3.8, 4) is 0 Å². The molecule has 2 aliphatic heterocycles. The first-order chi connectivity index (χ1) is 19.8. The van der Waals surface area contributed by atoms with Gasteiger partial charge in [0, 0.05) is 29.6 Å². The normalized spacial score (nSPS) is 24.3. The lowest BCUT2D eigenvalue weighted by molar-refractivity contribution is -0.190. The van der Waals surface area contributed by atoms with Crippen LogP contribution in [0, 0.1) is 5.92 Å². The molecule has 1 aliphatic carbocycles. The average molecular weight is 554 g/mol. The van der Waals surface area contributed by atoms with E-state index in [4.69, 9.17) is 9.47 Å². The van der Waals surface area contributed by atoms with Crippen LogP contribution in [0.2, 0.25) is 0 Å². The summed E-state index contributed by atoms with van der Waals surface area (Å²) in [5.41, 5.74) is 4.79. The number of rotatable bonds is 6. The number of aryl methyl sites for hydroxylation is 1. The van der Waals surface area contributed by atoms with Crippen LogP contribution in [0.25, 0.3) is 0 Å². The molecule has 0 radical (unpaired) electrons. The molecule has 7 heteroatoms. The monoisotopic (exact) mass is 553 g/mol. The number of carbonyl (C=O) groups is 2. The summed E-state index contributed by atoms with van der Waals surface area (Å²) in [5.74, 6) is -0.157. The second-order valence-corrected chi connectivity index (χ2v) is 12.5. The Morgan fingerprint density at radius 1 is 0.976 bits per heavy atom. The van der Waals surface area contributed by atoms with Gasteiger partial charge in [0.2, 0.25) is 5.91 Å². The highest BCUT2D eigenvalue weighted by atomic mass is 16.7. The van der Waals surface area contributed by atoms with Gasteiger partial charge in [0.25, 0.3) is 5.91 Å². The van der Waals surface area contributed by atoms with Crippen LogP contribution in [0.4, 0.5) is 5.69 Å². The number of aromatic nitrogens is 1. The Labute approximate surface area is 242 Å². The highest BCUT2D eigenvalue weighted by Crippen LogP contribution is 2.38. The first-order valence-electron chi connectivity index (χ1n) is 14.8. The molecule has 2 amide bonds. The number of hydrogen-bond donors (Lipinski definition) is 1. The van der Waals surface area contributed by atoms with Gasteiger partial charge in [-0.05, 0) is 72.4 Å². The molecule has 7 nitrogen and oxygen atoms in total. The largest absolute Gasteiger partial charge is 0.352 e. The van der Waals surface area contributed by atoms with E-state index in [1.165, 1.54) is 5.56 Å². The van der Waals surface area contributed by atoms with Gasteiger partial charge in [0.05, 0.1) is 12.6 Å². The molecule has 0 bridgehead atoms. The molecule has 214 valence electrons. The van der Waals surface area contributed by atoms with Gasteiger partial charge < -0.3 is 14.8 Å². The molecule has 2 aromatic carbocycles. The number of nitrogens with zero attached hydrogens (tertiary/aromatic N) is 2. The molecular formula is C34H39N3O4. The number of fused-ring (bicyclic) bond motifs is 2. The molecule has 2 fully saturated rings. The van der Waals surface area contributed by atoms with E-state index < -0.39 is 12.1 Å². The van der Waals surface area contributed by atoms with Crippen molar-refractivity contribution in [3.63, 3.8) is 0 Å². The van der Waals surface area contributed by atoms with Crippen LogP contribution in [0.15, 0.2) is 73.1 Å². The number of ether oxygens (including phenoxy) is 2. The highest BCUT2D eigenvalue weighted by Gasteiger charge is 2.43. The Kier molecular flexibility index (Phi) is 7.66. The zero-order valence-electron chi connectivity index (χ0n) is 24.1. The molecule has 1 aromatic heterocycles. The van der Waals surface area contributed by atoms with E-state index in [2.05, 4.69) is 43.2 Å². The van der Waals surface area contributed by atoms with Gasteiger partial charge in [0.1, 0.15) is 12.1 Å². The molecule has 4 unspecified atom stereocenters. The molecule has 41 heavy (non-hydrogen) atoms. The fourth-order valence-corrected chi connectivity index (χ4v) is 6.41. The second kappa shape index (κ2) is 11.4. The maximum absolute atomic E-state index is 14.5. The van der Waals surface area contributed by atoms with E-state index in [9.17, 15) is 9.59 Å². The van der Waals surface area contributed by atoms with Gasteiger partial charge in [-0.1, -0.05) is 63.2 Å². The number of carbonyl (C=O) groups excluding carboxylic acids is 2. The van der Waals surface area contributed by atoms with Crippen molar-refractivity contribution in [1.29, 1.82) is 0 Å². The Bertz CT molecular complexity index is 1390. The van der Waals surface area contributed by atoms with Crippen molar-refractivity contribution >= 4 is 17.5 Å². The van der Waals surface area contributed by atoms with Gasteiger partial charge in [-0.2, -0.15) is 0 Å². The first-order valence-corrected chi connectivity index (χ1v) is 14.8. The summed E-state index contributed by atoms with van der Waals surface area (Å²) in [6.07, 6.45) is 6.43. The second-order valence-electron chi connectivity index (χ2n) is 12.5. The summed E-state index contributed by atoms with van der Waals surface area (Å²) in [5, 5.41) is 3.29. The summed E-state index contributed by atoms with van der Waals surface area (Å²) in [6.45, 7) is 7.12. The number of benzene rings is 2. The smallest absolute Gasteiger partial charge is 0.257 e. The van der Waals surface area contributed by atoms with Crippen molar-refractivity contribution in [2.45, 2.75) is 82.8 Å². The fraction of sp³-hybridized carbons (Fsp3) is 0.441. The lowest BCUT2D eigenvalue weighted by Crippen LogP contribution is -2.51. The molecule has 6 rings (SSSR count). The van der Waals surface area contributed by atoms with Gasteiger partial charge in [0.15, 0.2) is 6.29 Å². The Balaban J connectivity index is 1.38. The maximum Gasteiger partial charge on any atom is 0.257 e. The zero-order chi connectivity index (χ0) is 28.6. The summed E-state index contributed by atoms with van der Waals surface area (Å²) in [6, 6.07) is 18.8. The number of amides is 2. The van der Waals surface area contributed by atoms with Crippen molar-refractivity contribution < 1.29 is 19.1 Å². The third-order valence-corrected chi connectivity index (χ3v) is 8.73. The number of anilines is 1. The summed E-state index contributed by atoms with van der Waals surface area (Å²) in [7, 11) is 0. The van der Waals surface area contributed by atoms with Gasteiger partial charge in [-0.15, -0.1) is 0 Å². The van der Waals surface area contributed by atoms with Crippen LogP contribution in [0.3, 0.4) is 0 Å². The van der Waals surface area contributed by atoms with Gasteiger partial charge >= 0.3 is 0 Å². The van der Waals surface area contributed by atoms with Crippen molar-refractivity contribution in [1.82, 2.24) is 10.3 Å². The number of hydrogen-bond acceptors (Lipinski definition) is 5. The maximum atomic E-state index is 14.5. The number of pyridine rings is 1. The lowest BCUT2D eigenvalue weighted by atomic mass is 9.87. The summed E-state index contributed by atoms with van der Waals surface area (Å²) >= 11 is 0. The third kappa shape index (κ3) is 5.66. The van der Waals surface area contributed by atoms with Gasteiger partial charge in [-0.3, -0.25) is 19.5 Å². The van der Waals surface area contributed by atoms with Crippen LogP contribution in [0.1, 0.15) is 80.8 Å². The topological polar surface area (TPSA) is 80.8 Å². The molecular weight excluding hydrogens is 514 g/mol. The first kappa shape index (κ1) is 27.6. The van der Waals surface area contributed by atoms with Crippen LogP contribution in [0.5, 0.6) is 0 Å². The quantitative estimate of drug-likeness (QED) is 0.417. The minimum Gasteiger partial charge on any atom is -0.352 e. The summed E-state index contributed by atoms with van der Waals surface area (Å²) in [4.78, 5) is 34.7. The van der Waals surface area contributed by atoms with Crippen molar-refractivity contribution in [2.24, 2.45) is 5.92 Å². The SMILES string of the molecule is CC(C)(C)c1ccc(N(C(=O)C2CCC3CCOC3O2)C(C(=O)N[C@H]2CCc3ccccc32)c2cccnc2)cc1. The highest BCUT2D eigenvalue weighted by molar-refractivity contribution is 6.03. The molecule has 2 saturated heterocycles. The predicted molar refractivity (Wildman–Crippen MR) is 157 cm³/mol. The van der Waals surface area contributed by atoms with Crippen LogP contribution in [-0.4, -0.2) is 35.8 Å². The predicted octanol–water partition coefficient (Wildman–Crippen LogP) is 5.80. The zero-order valence-corrected chi connectivity index (χ0v) is 24.1. The van der Waals surface area contributed by atoms with Crippen LogP contribution >= 0.6 is 0 Å². The van der Waals surface area contributed by atoms with E-state index >= 15 is 0 Å². The standard InChI is InChI=1S/C34H39N3O4/c1-34(2,3)25-12-14-26(15-13-25)37(32(39)29-17-11-23-18-20-40-33(23)41-29)30(24-8-6-19-35-21-24)31(38)36-28-16-10-22-7-4-5-9-27(22)28/h4-9,12-15,19,21,23,28-30,33H,10-11,16-18,20H2,1-3H3,(H,36,38)/t23?,28-,29?,30?,33?/m0/s1. The van der Waals surface area contributed by atoms with E-state index in [1.807, 2.05) is 42.5 Å². The number of nitrogens with one attached hydrogen (secondary N) is 1. The Morgan fingerprint density at radius 2 is 1.78 bits per heavy atom. The minimum atomic E-state index is -0.921. The van der Waals surface area contributed by atoms with E-state index in [0.29, 0.717) is 30.2 Å². The Hall–Kier alpha value is -3.55. The van der Waals surface area contributed by atoms with Crippen molar-refractivity contribution in [2.75, 3.05) is 11.5 Å². The molecule has 1 N–H and O–H groups in total. The van der Waals surface area contributed by atoms with E-state index in [0.717, 1.165) is 36.8 Å². The fourth-order valence-electron chi connectivity index (χ4n) is 6.41. The molecule has 5 atom stereocenters.